The number of amides is 1. The Kier molecular flexibility index (Phi) is 5.65. The van der Waals surface area contributed by atoms with Crippen LogP contribution in [0.15, 0.2) is 60.7 Å². The summed E-state index contributed by atoms with van der Waals surface area (Å²) in [6, 6.07) is 20.6. The van der Waals surface area contributed by atoms with Gasteiger partial charge in [-0.15, -0.1) is 0 Å². The van der Waals surface area contributed by atoms with Gasteiger partial charge < -0.3 is 5.32 Å². The number of rotatable bonds is 6. The van der Waals surface area contributed by atoms with Gasteiger partial charge in [-0.05, 0) is 37.1 Å². The summed E-state index contributed by atoms with van der Waals surface area (Å²) in [5, 5.41) is 3.21. The molecule has 0 aromatic heterocycles. The van der Waals surface area contributed by atoms with E-state index >= 15 is 0 Å². The summed E-state index contributed by atoms with van der Waals surface area (Å²) in [5.41, 5.74) is 2.08. The van der Waals surface area contributed by atoms with Crippen molar-refractivity contribution in [2.24, 2.45) is 0 Å². The Hall–Kier alpha value is -2.13. The molecule has 3 nitrogen and oxygen atoms in total. The lowest BCUT2D eigenvalue weighted by Crippen LogP contribution is -2.41. The molecule has 1 atom stereocenters. The SMILES string of the molecule is CCN1CCCC1CNC(=O)C(c1ccccc1)c1ccccc1. The summed E-state index contributed by atoms with van der Waals surface area (Å²) in [4.78, 5) is 15.4. The summed E-state index contributed by atoms with van der Waals surface area (Å²) in [5.74, 6) is -0.153. The molecule has 1 amide bonds. The Labute approximate surface area is 144 Å². The van der Waals surface area contributed by atoms with E-state index in [-0.39, 0.29) is 11.8 Å². The van der Waals surface area contributed by atoms with Crippen molar-refractivity contribution in [2.75, 3.05) is 19.6 Å². The highest BCUT2D eigenvalue weighted by molar-refractivity contribution is 5.87. The summed E-state index contributed by atoms with van der Waals surface area (Å²) < 4.78 is 0. The van der Waals surface area contributed by atoms with Crippen LogP contribution in [0.5, 0.6) is 0 Å². The number of nitrogens with one attached hydrogen (secondary N) is 1. The Morgan fingerprint density at radius 2 is 1.67 bits per heavy atom. The molecular weight excluding hydrogens is 296 g/mol. The molecule has 1 aliphatic heterocycles. The fraction of sp³-hybridized carbons (Fsp3) is 0.381. The van der Waals surface area contributed by atoms with E-state index in [1.165, 1.54) is 12.8 Å². The monoisotopic (exact) mass is 322 g/mol. The van der Waals surface area contributed by atoms with Gasteiger partial charge in [-0.1, -0.05) is 67.6 Å². The molecule has 3 heteroatoms. The van der Waals surface area contributed by atoms with Crippen molar-refractivity contribution in [3.05, 3.63) is 71.8 Å². The lowest BCUT2D eigenvalue weighted by molar-refractivity contribution is -0.121. The summed E-state index contributed by atoms with van der Waals surface area (Å²) in [6.07, 6.45) is 2.41. The average molecular weight is 322 g/mol. The van der Waals surface area contributed by atoms with Crippen LogP contribution in [-0.2, 0) is 4.79 Å². The first-order valence-electron chi connectivity index (χ1n) is 8.91. The van der Waals surface area contributed by atoms with Crippen molar-refractivity contribution in [3.8, 4) is 0 Å². The van der Waals surface area contributed by atoms with Crippen LogP contribution < -0.4 is 5.32 Å². The highest BCUT2D eigenvalue weighted by Gasteiger charge is 2.26. The van der Waals surface area contributed by atoms with E-state index < -0.39 is 0 Å². The van der Waals surface area contributed by atoms with Gasteiger partial charge in [-0.3, -0.25) is 9.69 Å². The van der Waals surface area contributed by atoms with Crippen molar-refractivity contribution in [1.29, 1.82) is 0 Å². The molecule has 24 heavy (non-hydrogen) atoms. The van der Waals surface area contributed by atoms with Gasteiger partial charge in [0.25, 0.3) is 0 Å². The third-order valence-corrected chi connectivity index (χ3v) is 4.95. The third kappa shape index (κ3) is 3.85. The minimum atomic E-state index is -0.246. The molecule has 0 aliphatic carbocycles. The maximum atomic E-state index is 13.0. The van der Waals surface area contributed by atoms with Gasteiger partial charge in [-0.25, -0.2) is 0 Å². The molecule has 126 valence electrons. The molecule has 1 saturated heterocycles. The van der Waals surface area contributed by atoms with Gasteiger partial charge in [0.15, 0.2) is 0 Å². The van der Waals surface area contributed by atoms with Gasteiger partial charge in [0.05, 0.1) is 5.92 Å². The normalized spacial score (nSPS) is 18.0. The molecule has 0 radical (unpaired) electrons. The van der Waals surface area contributed by atoms with Crippen LogP contribution in [0.4, 0.5) is 0 Å². The van der Waals surface area contributed by atoms with E-state index in [1.54, 1.807) is 0 Å². The van der Waals surface area contributed by atoms with Gasteiger partial charge >= 0.3 is 0 Å². The zero-order valence-corrected chi connectivity index (χ0v) is 14.3. The Morgan fingerprint density at radius 1 is 1.08 bits per heavy atom. The highest BCUT2D eigenvalue weighted by atomic mass is 16.1. The number of likely N-dealkylation sites (N-methyl/N-ethyl adjacent to an activating group) is 1. The van der Waals surface area contributed by atoms with E-state index in [1.807, 2.05) is 60.7 Å². The number of nitrogens with zero attached hydrogens (tertiary/aromatic N) is 1. The largest absolute Gasteiger partial charge is 0.354 e. The first-order valence-corrected chi connectivity index (χ1v) is 8.91. The molecule has 1 aliphatic rings. The maximum Gasteiger partial charge on any atom is 0.232 e. The number of carbonyl (C=O) groups is 1. The van der Waals surface area contributed by atoms with E-state index in [4.69, 9.17) is 0 Å². The predicted octanol–water partition coefficient (Wildman–Crippen LogP) is 3.42. The highest BCUT2D eigenvalue weighted by Crippen LogP contribution is 2.25. The molecule has 1 unspecified atom stereocenters. The molecule has 0 bridgehead atoms. The van der Waals surface area contributed by atoms with Gasteiger partial charge in [0.1, 0.15) is 0 Å². The summed E-state index contributed by atoms with van der Waals surface area (Å²) in [7, 11) is 0. The third-order valence-electron chi connectivity index (χ3n) is 4.95. The second-order valence-electron chi connectivity index (χ2n) is 6.42. The van der Waals surface area contributed by atoms with E-state index in [0.29, 0.717) is 6.04 Å². The Bertz CT molecular complexity index is 602. The lowest BCUT2D eigenvalue weighted by atomic mass is 9.90. The van der Waals surface area contributed by atoms with Gasteiger partial charge in [0, 0.05) is 12.6 Å². The average Bonchev–Trinajstić information content (AvgIpc) is 3.09. The second-order valence-corrected chi connectivity index (χ2v) is 6.42. The van der Waals surface area contributed by atoms with Crippen LogP contribution in [0.25, 0.3) is 0 Å². The number of carbonyl (C=O) groups excluding carboxylic acids is 1. The van der Waals surface area contributed by atoms with E-state index in [2.05, 4.69) is 17.1 Å². The number of hydrogen-bond donors (Lipinski definition) is 1. The van der Waals surface area contributed by atoms with E-state index in [9.17, 15) is 4.79 Å². The van der Waals surface area contributed by atoms with Crippen LogP contribution >= 0.6 is 0 Å². The number of hydrogen-bond acceptors (Lipinski definition) is 2. The van der Waals surface area contributed by atoms with Crippen molar-refractivity contribution in [1.82, 2.24) is 10.2 Å². The fourth-order valence-electron chi connectivity index (χ4n) is 3.65. The standard InChI is InChI=1S/C21H26N2O/c1-2-23-15-9-14-19(23)16-22-21(24)20(17-10-5-3-6-11-17)18-12-7-4-8-13-18/h3-8,10-13,19-20H,2,9,14-16H2,1H3,(H,22,24). The van der Waals surface area contributed by atoms with Crippen molar-refractivity contribution < 1.29 is 4.79 Å². The summed E-state index contributed by atoms with van der Waals surface area (Å²) >= 11 is 0. The smallest absolute Gasteiger partial charge is 0.232 e. The van der Waals surface area contributed by atoms with Gasteiger partial charge in [0.2, 0.25) is 5.91 Å². The number of benzene rings is 2. The lowest BCUT2D eigenvalue weighted by Gasteiger charge is -2.24. The Morgan fingerprint density at radius 3 is 2.21 bits per heavy atom. The Balaban J connectivity index is 1.75. The first kappa shape index (κ1) is 16.7. The summed E-state index contributed by atoms with van der Waals surface area (Å²) in [6.45, 7) is 5.14. The molecule has 2 aromatic carbocycles. The molecule has 3 rings (SSSR count). The first-order chi connectivity index (χ1) is 11.8. The molecule has 1 fully saturated rings. The topological polar surface area (TPSA) is 32.3 Å². The van der Waals surface area contributed by atoms with Gasteiger partial charge in [-0.2, -0.15) is 0 Å². The second kappa shape index (κ2) is 8.11. The molecule has 0 saturated carbocycles. The van der Waals surface area contributed by atoms with Crippen LogP contribution in [0, 0.1) is 0 Å². The molecule has 0 spiro atoms. The van der Waals surface area contributed by atoms with Crippen molar-refractivity contribution in [2.45, 2.75) is 31.7 Å². The van der Waals surface area contributed by atoms with Crippen molar-refractivity contribution in [3.63, 3.8) is 0 Å². The van der Waals surface area contributed by atoms with Crippen LogP contribution in [0.1, 0.15) is 36.8 Å². The molecule has 1 N–H and O–H groups in total. The molecular formula is C21H26N2O. The quantitative estimate of drug-likeness (QED) is 0.884. The predicted molar refractivity (Wildman–Crippen MR) is 98.0 cm³/mol. The molecule has 1 heterocycles. The molecule has 2 aromatic rings. The van der Waals surface area contributed by atoms with Crippen molar-refractivity contribution >= 4 is 5.91 Å². The zero-order valence-electron chi connectivity index (χ0n) is 14.3. The minimum absolute atomic E-state index is 0.0929. The fourth-order valence-corrected chi connectivity index (χ4v) is 3.65. The maximum absolute atomic E-state index is 13.0. The zero-order chi connectivity index (χ0) is 16.8. The van der Waals surface area contributed by atoms with Crippen LogP contribution in [0.2, 0.25) is 0 Å². The van der Waals surface area contributed by atoms with Crippen LogP contribution in [0.3, 0.4) is 0 Å². The minimum Gasteiger partial charge on any atom is -0.354 e. The number of likely N-dealkylation sites (tertiary alicyclic amines) is 1. The van der Waals surface area contributed by atoms with Crippen LogP contribution in [-0.4, -0.2) is 36.5 Å². The van der Waals surface area contributed by atoms with E-state index in [0.717, 1.165) is 30.8 Å².